The van der Waals surface area contributed by atoms with Crippen molar-refractivity contribution in [2.75, 3.05) is 0 Å². The molecule has 0 N–H and O–H groups in total. The molecule has 0 saturated heterocycles. The Kier molecular flexibility index (Phi) is 3.46. The lowest BCUT2D eigenvalue weighted by Crippen LogP contribution is -2.23. The summed E-state index contributed by atoms with van der Waals surface area (Å²) in [5.41, 5.74) is 2.83. The van der Waals surface area contributed by atoms with Gasteiger partial charge in [0.25, 0.3) is 5.56 Å². The standard InChI is InChI=1S/C16H16N3O.H2/c1-12(13-5-6-13)9-11-19-16(20)8-7-15(18-19)14-4-2-3-10-17-14;/h2-8,10,12H,9,11H2,1H3;1H/t12-;/m1./s1. The van der Waals surface area contributed by atoms with E-state index in [0.717, 1.165) is 17.8 Å². The molecule has 0 unspecified atom stereocenters. The molecular weight excluding hydrogens is 250 g/mol. The van der Waals surface area contributed by atoms with Crippen LogP contribution >= 0.6 is 0 Å². The van der Waals surface area contributed by atoms with E-state index in [4.69, 9.17) is 0 Å². The van der Waals surface area contributed by atoms with Crippen molar-refractivity contribution >= 4 is 0 Å². The van der Waals surface area contributed by atoms with Gasteiger partial charge in [-0.15, -0.1) is 0 Å². The van der Waals surface area contributed by atoms with Gasteiger partial charge in [0.1, 0.15) is 5.69 Å². The molecule has 103 valence electrons. The molecule has 3 rings (SSSR count). The summed E-state index contributed by atoms with van der Waals surface area (Å²) in [4.78, 5) is 16.1. The van der Waals surface area contributed by atoms with Crippen molar-refractivity contribution in [3.05, 3.63) is 65.0 Å². The summed E-state index contributed by atoms with van der Waals surface area (Å²) in [6.45, 7) is 2.80. The second-order valence-electron chi connectivity index (χ2n) is 5.02. The van der Waals surface area contributed by atoms with Crippen LogP contribution in [0.2, 0.25) is 0 Å². The molecule has 1 atom stereocenters. The molecule has 1 aliphatic carbocycles. The largest absolute Gasteiger partial charge is 0.268 e. The molecule has 2 aromatic heterocycles. The lowest BCUT2D eigenvalue weighted by atomic mass is 10.1. The topological polar surface area (TPSA) is 47.8 Å². The number of hydrogen-bond acceptors (Lipinski definition) is 3. The van der Waals surface area contributed by atoms with Crippen molar-refractivity contribution in [3.8, 4) is 11.4 Å². The molecule has 0 bridgehead atoms. The van der Waals surface area contributed by atoms with Crippen molar-refractivity contribution in [2.45, 2.75) is 19.9 Å². The number of nitrogens with zero attached hydrogens (tertiary/aromatic N) is 3. The minimum atomic E-state index is -0.0642. The highest BCUT2D eigenvalue weighted by molar-refractivity contribution is 5.52. The van der Waals surface area contributed by atoms with Gasteiger partial charge in [-0.05, 0) is 30.5 Å². The Morgan fingerprint density at radius 2 is 2.10 bits per heavy atom. The van der Waals surface area contributed by atoms with E-state index >= 15 is 0 Å². The third kappa shape index (κ3) is 2.85. The molecule has 0 spiro atoms. The van der Waals surface area contributed by atoms with E-state index in [1.165, 1.54) is 10.3 Å². The lowest BCUT2D eigenvalue weighted by molar-refractivity contribution is 0.493. The maximum Gasteiger partial charge on any atom is 0.266 e. The summed E-state index contributed by atoms with van der Waals surface area (Å²) >= 11 is 0. The quantitative estimate of drug-likeness (QED) is 0.837. The fourth-order valence-electron chi connectivity index (χ4n) is 2.12. The monoisotopic (exact) mass is 268 g/mol. The summed E-state index contributed by atoms with van der Waals surface area (Å²) in [5.74, 6) is 0.488. The molecule has 0 aromatic carbocycles. The first kappa shape index (κ1) is 12.8. The zero-order valence-electron chi connectivity index (χ0n) is 11.4. The van der Waals surface area contributed by atoms with Gasteiger partial charge in [-0.3, -0.25) is 9.78 Å². The molecule has 4 nitrogen and oxygen atoms in total. The van der Waals surface area contributed by atoms with E-state index < -0.39 is 0 Å². The minimum Gasteiger partial charge on any atom is -0.268 e. The van der Waals surface area contributed by atoms with Gasteiger partial charge in [0.2, 0.25) is 0 Å². The van der Waals surface area contributed by atoms with E-state index in [9.17, 15) is 4.79 Å². The fourth-order valence-corrected chi connectivity index (χ4v) is 2.12. The normalized spacial score (nSPS) is 14.8. The predicted molar refractivity (Wildman–Crippen MR) is 80.0 cm³/mol. The van der Waals surface area contributed by atoms with Gasteiger partial charge in [-0.2, -0.15) is 5.10 Å². The highest BCUT2D eigenvalue weighted by Gasteiger charge is 2.16. The van der Waals surface area contributed by atoms with Crippen LogP contribution in [0.5, 0.6) is 0 Å². The summed E-state index contributed by atoms with van der Waals surface area (Å²) < 4.78 is 1.53. The highest BCUT2D eigenvalue weighted by atomic mass is 16.1. The van der Waals surface area contributed by atoms with E-state index in [1.54, 1.807) is 18.3 Å². The van der Waals surface area contributed by atoms with Gasteiger partial charge in [0.15, 0.2) is 0 Å². The van der Waals surface area contributed by atoms with Crippen LogP contribution in [0.1, 0.15) is 14.8 Å². The van der Waals surface area contributed by atoms with Crippen LogP contribution < -0.4 is 5.56 Å². The number of pyridine rings is 1. The summed E-state index contributed by atoms with van der Waals surface area (Å²) in [7, 11) is 0. The lowest BCUT2D eigenvalue weighted by Gasteiger charge is -2.10. The van der Waals surface area contributed by atoms with Gasteiger partial charge < -0.3 is 0 Å². The van der Waals surface area contributed by atoms with Crippen LogP contribution in [0.3, 0.4) is 0 Å². The molecule has 1 radical (unpaired) electrons. The number of allylic oxidation sites excluding steroid dienone is 2. The van der Waals surface area contributed by atoms with Crippen molar-refractivity contribution in [2.24, 2.45) is 5.92 Å². The van der Waals surface area contributed by atoms with Crippen molar-refractivity contribution < 1.29 is 1.43 Å². The van der Waals surface area contributed by atoms with Gasteiger partial charge in [-0.25, -0.2) is 4.68 Å². The van der Waals surface area contributed by atoms with Gasteiger partial charge in [-0.1, -0.05) is 24.6 Å². The zero-order chi connectivity index (χ0) is 13.9. The molecule has 0 aliphatic heterocycles. The first-order chi connectivity index (χ1) is 9.74. The maximum absolute atomic E-state index is 11.9. The number of rotatable bonds is 5. The summed E-state index contributed by atoms with van der Waals surface area (Å²) in [6.07, 6.45) is 6.88. The molecular formula is C16H18N3O. The zero-order valence-corrected chi connectivity index (χ0v) is 11.4. The highest BCUT2D eigenvalue weighted by Crippen LogP contribution is 2.28. The van der Waals surface area contributed by atoms with Crippen LogP contribution in [-0.2, 0) is 6.54 Å². The molecule has 0 fully saturated rings. The summed E-state index contributed by atoms with van der Waals surface area (Å²) in [5, 5.41) is 4.41. The third-order valence-corrected chi connectivity index (χ3v) is 3.50. The Morgan fingerprint density at radius 1 is 1.25 bits per heavy atom. The first-order valence-corrected chi connectivity index (χ1v) is 6.78. The Labute approximate surface area is 119 Å². The van der Waals surface area contributed by atoms with Crippen LogP contribution in [0.4, 0.5) is 0 Å². The number of aryl methyl sites for hydroxylation is 1. The van der Waals surface area contributed by atoms with Crippen molar-refractivity contribution in [1.82, 2.24) is 14.8 Å². The molecule has 2 aromatic rings. The van der Waals surface area contributed by atoms with E-state index in [-0.39, 0.29) is 6.99 Å². The smallest absolute Gasteiger partial charge is 0.266 e. The average molecular weight is 268 g/mol. The predicted octanol–water partition coefficient (Wildman–Crippen LogP) is 2.72. The molecule has 1 aliphatic rings. The Morgan fingerprint density at radius 3 is 2.80 bits per heavy atom. The number of aromatic nitrogens is 3. The molecule has 2 heterocycles. The Hall–Kier alpha value is -2.23. The second-order valence-corrected chi connectivity index (χ2v) is 5.02. The van der Waals surface area contributed by atoms with E-state index in [1.807, 2.05) is 18.2 Å². The Balaban J connectivity index is 0.00000161. The van der Waals surface area contributed by atoms with Gasteiger partial charge in [0.05, 0.1) is 5.69 Å². The maximum atomic E-state index is 11.9. The SMILES string of the molecule is C[C@H](CCn1nc(-c2ccccn2)ccc1=O)C1=C[CH]1.[HH]. The number of hydrogen-bond donors (Lipinski definition) is 0. The van der Waals surface area contributed by atoms with Crippen LogP contribution in [0, 0.1) is 12.3 Å². The summed E-state index contributed by atoms with van der Waals surface area (Å²) in [6, 6.07) is 8.95. The third-order valence-electron chi connectivity index (χ3n) is 3.50. The van der Waals surface area contributed by atoms with Gasteiger partial charge >= 0.3 is 0 Å². The second kappa shape index (κ2) is 5.41. The van der Waals surface area contributed by atoms with Gasteiger partial charge in [0, 0.05) is 26.7 Å². The first-order valence-electron chi connectivity index (χ1n) is 6.78. The van der Waals surface area contributed by atoms with Crippen molar-refractivity contribution in [3.63, 3.8) is 0 Å². The average Bonchev–Trinajstić information content (AvgIpc) is 3.32. The molecule has 0 amide bonds. The van der Waals surface area contributed by atoms with Crippen molar-refractivity contribution in [1.29, 1.82) is 0 Å². The molecule has 0 saturated carbocycles. The fraction of sp³-hybridized carbons (Fsp3) is 0.250. The van der Waals surface area contributed by atoms with Crippen LogP contribution in [0.25, 0.3) is 11.4 Å². The minimum absolute atomic E-state index is 0. The van der Waals surface area contributed by atoms with Crippen LogP contribution in [-0.4, -0.2) is 14.8 Å². The van der Waals surface area contributed by atoms with E-state index in [2.05, 4.69) is 29.5 Å². The molecule has 4 heteroatoms. The Bertz CT molecular complexity index is 694. The van der Waals surface area contributed by atoms with Crippen LogP contribution in [0.15, 0.2) is 53.0 Å². The molecule has 20 heavy (non-hydrogen) atoms. The van der Waals surface area contributed by atoms with E-state index in [0.29, 0.717) is 12.5 Å².